The molecule has 0 saturated heterocycles. The van der Waals surface area contributed by atoms with Gasteiger partial charge in [0, 0.05) is 29.4 Å². The van der Waals surface area contributed by atoms with Crippen molar-refractivity contribution in [3.05, 3.63) is 78.3 Å². The first-order valence-corrected chi connectivity index (χ1v) is 12.9. The molecule has 4 fully saturated rings. The molecule has 4 bridgehead atoms. The second-order valence-corrected chi connectivity index (χ2v) is 11.1. The van der Waals surface area contributed by atoms with Crippen molar-refractivity contribution in [3.63, 3.8) is 0 Å². The number of aromatic nitrogens is 2. The van der Waals surface area contributed by atoms with Crippen LogP contribution in [0.1, 0.15) is 51.0 Å². The number of nitrogens with one attached hydrogen (secondary N) is 1. The molecule has 1 N–H and O–H groups in total. The lowest BCUT2D eigenvalue weighted by molar-refractivity contribution is -0.121. The molecule has 1 amide bonds. The Morgan fingerprint density at radius 1 is 1.03 bits per heavy atom. The summed E-state index contributed by atoms with van der Waals surface area (Å²) in [6, 6.07) is 16.3. The van der Waals surface area contributed by atoms with Crippen molar-refractivity contribution in [2.75, 3.05) is 0 Å². The van der Waals surface area contributed by atoms with E-state index in [9.17, 15) is 9.18 Å². The van der Waals surface area contributed by atoms with Crippen molar-refractivity contribution < 1.29 is 9.18 Å². The van der Waals surface area contributed by atoms with Crippen molar-refractivity contribution in [1.29, 1.82) is 0 Å². The minimum atomic E-state index is -0.286. The summed E-state index contributed by atoms with van der Waals surface area (Å²) < 4.78 is 15.3. The molecule has 0 unspecified atom stereocenters. The molecule has 4 aliphatic rings. The van der Waals surface area contributed by atoms with E-state index in [0.717, 1.165) is 34.6 Å². The summed E-state index contributed by atoms with van der Waals surface area (Å²) in [6.45, 7) is 2.20. The van der Waals surface area contributed by atoms with Gasteiger partial charge in [-0.25, -0.2) is 9.07 Å². The van der Waals surface area contributed by atoms with Gasteiger partial charge in [-0.3, -0.25) is 4.79 Å². The number of carbonyl (C=O) groups excluding carboxylic acids is 1. The largest absolute Gasteiger partial charge is 0.350 e. The third-order valence-corrected chi connectivity index (χ3v) is 8.66. The van der Waals surface area contributed by atoms with E-state index in [-0.39, 0.29) is 23.2 Å². The molecule has 5 heteroatoms. The summed E-state index contributed by atoms with van der Waals surface area (Å²) in [6.07, 6.45) is 13.4. The molecule has 0 aliphatic heterocycles. The van der Waals surface area contributed by atoms with Crippen LogP contribution in [0.25, 0.3) is 23.0 Å². The van der Waals surface area contributed by atoms with Crippen molar-refractivity contribution in [1.82, 2.24) is 15.1 Å². The van der Waals surface area contributed by atoms with Crippen molar-refractivity contribution in [2.45, 2.75) is 51.5 Å². The van der Waals surface area contributed by atoms with Crippen LogP contribution in [0.4, 0.5) is 4.39 Å². The number of amides is 1. The molecule has 0 radical (unpaired) electrons. The Bertz CT molecular complexity index is 1210. The first-order chi connectivity index (χ1) is 17.0. The highest BCUT2D eigenvalue weighted by Crippen LogP contribution is 2.61. The van der Waals surface area contributed by atoms with Crippen LogP contribution < -0.4 is 5.32 Å². The van der Waals surface area contributed by atoms with Gasteiger partial charge in [-0.05, 0) is 111 Å². The van der Waals surface area contributed by atoms with Crippen molar-refractivity contribution in [3.8, 4) is 16.9 Å². The Morgan fingerprint density at radius 3 is 2.29 bits per heavy atom. The molecular formula is C30H32FN3O. The van der Waals surface area contributed by atoms with E-state index in [4.69, 9.17) is 5.10 Å². The molecule has 7 rings (SSSR count). The van der Waals surface area contributed by atoms with E-state index in [2.05, 4.69) is 12.2 Å². The highest BCUT2D eigenvalue weighted by Gasteiger charge is 2.53. The molecule has 3 aromatic rings. The standard InChI is InChI=1S/C30H32FN3O/c1-20(30-16-21-13-22(17-30)15-23(14-21)18-30)32-28(35)12-9-25-19-34(27-5-3-2-4-6-27)33-29(25)24-7-10-26(31)11-8-24/h2-12,19-23H,13-18H2,1H3,(H,32,35)/b12-9+/t20-,21?,22?,23?,30?/m1/s1. The number of carbonyl (C=O) groups is 1. The van der Waals surface area contributed by atoms with Crippen LogP contribution in [0.3, 0.4) is 0 Å². The maximum Gasteiger partial charge on any atom is 0.244 e. The summed E-state index contributed by atoms with van der Waals surface area (Å²) >= 11 is 0. The van der Waals surface area contributed by atoms with Gasteiger partial charge in [-0.2, -0.15) is 5.10 Å². The predicted octanol–water partition coefficient (Wildman–Crippen LogP) is 6.41. The monoisotopic (exact) mass is 469 g/mol. The number of rotatable bonds is 6. The zero-order chi connectivity index (χ0) is 24.0. The van der Waals surface area contributed by atoms with Crippen LogP contribution in [-0.4, -0.2) is 21.7 Å². The van der Waals surface area contributed by atoms with Crippen LogP contribution in [0, 0.1) is 29.0 Å². The van der Waals surface area contributed by atoms with Crippen molar-refractivity contribution >= 4 is 12.0 Å². The van der Waals surface area contributed by atoms with Gasteiger partial charge < -0.3 is 5.32 Å². The lowest BCUT2D eigenvalue weighted by Gasteiger charge is -2.59. The Morgan fingerprint density at radius 2 is 1.66 bits per heavy atom. The Labute approximate surface area is 206 Å². The van der Waals surface area contributed by atoms with Crippen molar-refractivity contribution in [2.24, 2.45) is 23.2 Å². The minimum Gasteiger partial charge on any atom is -0.350 e. The normalized spacial score (nSPS) is 27.9. The summed E-state index contributed by atoms with van der Waals surface area (Å²) in [5.41, 5.74) is 3.54. The quantitative estimate of drug-likeness (QED) is 0.424. The summed E-state index contributed by atoms with van der Waals surface area (Å²) in [4.78, 5) is 13.0. The van der Waals surface area contributed by atoms with Gasteiger partial charge in [0.1, 0.15) is 5.82 Å². The number of nitrogens with zero attached hydrogens (tertiary/aromatic N) is 2. The zero-order valence-electron chi connectivity index (χ0n) is 20.2. The van der Waals surface area contributed by atoms with Gasteiger partial charge in [0.15, 0.2) is 0 Å². The Kier molecular flexibility index (Phi) is 5.58. The maximum atomic E-state index is 13.5. The maximum absolute atomic E-state index is 13.5. The van der Waals surface area contributed by atoms with Crippen LogP contribution in [0.15, 0.2) is 66.9 Å². The lowest BCUT2D eigenvalue weighted by Crippen LogP contribution is -2.55. The molecule has 1 atom stereocenters. The molecule has 4 aliphatic carbocycles. The number of benzene rings is 2. The molecule has 1 aromatic heterocycles. The van der Waals surface area contributed by atoms with E-state index >= 15 is 0 Å². The SMILES string of the molecule is C[C@@H](NC(=O)/C=C/c1cn(-c2ccccc2)nc1-c1ccc(F)cc1)C12CC3CC(CC(C3)C1)C2. The topological polar surface area (TPSA) is 46.9 Å². The molecular weight excluding hydrogens is 437 g/mol. The molecule has 4 nitrogen and oxygen atoms in total. The van der Waals surface area contributed by atoms with Crippen LogP contribution in [0.5, 0.6) is 0 Å². The van der Waals surface area contributed by atoms with Gasteiger partial charge in [-0.15, -0.1) is 0 Å². The van der Waals surface area contributed by atoms with Crippen LogP contribution in [-0.2, 0) is 4.79 Å². The number of hydrogen-bond acceptors (Lipinski definition) is 2. The highest BCUT2D eigenvalue weighted by molar-refractivity contribution is 5.93. The Hall–Kier alpha value is -3.21. The fourth-order valence-corrected chi connectivity index (χ4v) is 7.34. The average Bonchev–Trinajstić information content (AvgIpc) is 3.27. The fraction of sp³-hybridized carbons (Fsp3) is 0.400. The summed E-state index contributed by atoms with van der Waals surface area (Å²) in [5.74, 6) is 2.23. The van der Waals surface area contributed by atoms with E-state index < -0.39 is 0 Å². The van der Waals surface area contributed by atoms with Gasteiger partial charge in [0.2, 0.25) is 5.91 Å². The molecule has 2 aromatic carbocycles. The zero-order valence-corrected chi connectivity index (χ0v) is 20.2. The number of halogens is 1. The molecule has 4 saturated carbocycles. The lowest BCUT2D eigenvalue weighted by atomic mass is 9.48. The van der Waals surface area contributed by atoms with Gasteiger partial charge in [0.05, 0.1) is 11.4 Å². The van der Waals surface area contributed by atoms with Crippen LogP contribution in [0.2, 0.25) is 0 Å². The summed E-state index contributed by atoms with van der Waals surface area (Å²) in [7, 11) is 0. The van der Waals surface area contributed by atoms with E-state index in [1.807, 2.05) is 42.6 Å². The van der Waals surface area contributed by atoms with Gasteiger partial charge in [-0.1, -0.05) is 18.2 Å². The minimum absolute atomic E-state index is 0.0641. The van der Waals surface area contributed by atoms with E-state index in [0.29, 0.717) is 5.69 Å². The molecule has 0 spiro atoms. The first-order valence-electron chi connectivity index (χ1n) is 12.9. The molecule has 35 heavy (non-hydrogen) atoms. The number of para-hydroxylation sites is 1. The van der Waals surface area contributed by atoms with Gasteiger partial charge in [0.25, 0.3) is 0 Å². The molecule has 1 heterocycles. The first kappa shape index (κ1) is 22.3. The third-order valence-electron chi connectivity index (χ3n) is 8.66. The third kappa shape index (κ3) is 4.33. The second kappa shape index (κ2) is 8.78. The highest BCUT2D eigenvalue weighted by atomic mass is 19.1. The van der Waals surface area contributed by atoms with E-state index in [1.54, 1.807) is 22.9 Å². The smallest absolute Gasteiger partial charge is 0.244 e. The molecule has 180 valence electrons. The predicted molar refractivity (Wildman–Crippen MR) is 136 cm³/mol. The van der Waals surface area contributed by atoms with Gasteiger partial charge >= 0.3 is 0 Å². The summed E-state index contributed by atoms with van der Waals surface area (Å²) in [5, 5.41) is 8.07. The van der Waals surface area contributed by atoms with Crippen LogP contribution >= 0.6 is 0 Å². The number of hydrogen-bond donors (Lipinski definition) is 1. The fourth-order valence-electron chi connectivity index (χ4n) is 7.34. The van der Waals surface area contributed by atoms with E-state index in [1.165, 1.54) is 50.7 Å². The Balaban J connectivity index is 1.23. The second-order valence-electron chi connectivity index (χ2n) is 11.1. The average molecular weight is 470 g/mol.